The summed E-state index contributed by atoms with van der Waals surface area (Å²) in [6.07, 6.45) is 1.51. The number of nitrogens with one attached hydrogen (secondary N) is 2. The van der Waals surface area contributed by atoms with Crippen molar-refractivity contribution >= 4 is 35.2 Å². The zero-order chi connectivity index (χ0) is 11.4. The first-order valence-electron chi connectivity index (χ1n) is 4.86. The van der Waals surface area contributed by atoms with Gasteiger partial charge >= 0.3 is 0 Å². The molecule has 16 heavy (non-hydrogen) atoms. The van der Waals surface area contributed by atoms with E-state index in [1.165, 1.54) is 6.20 Å². The summed E-state index contributed by atoms with van der Waals surface area (Å²) in [6.45, 7) is 0.846. The molecule has 0 spiro atoms. The molecule has 0 bridgehead atoms. The van der Waals surface area contributed by atoms with Crippen LogP contribution in [-0.2, 0) is 4.79 Å². The molecular formula is C9H11ClN4OS. The number of rotatable bonds is 2. The quantitative estimate of drug-likeness (QED) is 0.768. The van der Waals surface area contributed by atoms with Gasteiger partial charge in [-0.25, -0.2) is 9.97 Å². The van der Waals surface area contributed by atoms with Crippen LogP contribution in [0.4, 0.5) is 5.95 Å². The summed E-state index contributed by atoms with van der Waals surface area (Å²) >= 11 is 7.45. The monoisotopic (exact) mass is 258 g/mol. The van der Waals surface area contributed by atoms with Crippen molar-refractivity contribution in [1.29, 1.82) is 0 Å². The Kier molecular flexibility index (Phi) is 3.98. The normalized spacial score (nSPS) is 20.4. The van der Waals surface area contributed by atoms with E-state index in [9.17, 15) is 4.79 Å². The Morgan fingerprint density at radius 3 is 3.25 bits per heavy atom. The molecule has 2 heterocycles. The van der Waals surface area contributed by atoms with Gasteiger partial charge < -0.3 is 5.32 Å². The molecule has 1 aromatic rings. The largest absolute Gasteiger partial charge is 0.304 e. The van der Waals surface area contributed by atoms with Crippen LogP contribution in [0.1, 0.15) is 0 Å². The molecule has 2 N–H and O–H groups in total. The van der Waals surface area contributed by atoms with Gasteiger partial charge in [-0.15, -0.1) is 0 Å². The van der Waals surface area contributed by atoms with Gasteiger partial charge in [0, 0.05) is 24.2 Å². The lowest BCUT2D eigenvalue weighted by atomic mass is 10.3. The number of halogens is 1. The molecule has 1 saturated heterocycles. The zero-order valence-electron chi connectivity index (χ0n) is 8.44. The van der Waals surface area contributed by atoms with Gasteiger partial charge in [-0.2, -0.15) is 11.8 Å². The Hall–Kier alpha value is -0.850. The fourth-order valence-electron chi connectivity index (χ4n) is 1.33. The maximum atomic E-state index is 11.8. The molecule has 7 heteroatoms. The van der Waals surface area contributed by atoms with Gasteiger partial charge in [-0.05, 0) is 6.07 Å². The van der Waals surface area contributed by atoms with E-state index in [1.54, 1.807) is 17.8 Å². The smallest absolute Gasteiger partial charge is 0.244 e. The van der Waals surface area contributed by atoms with Gasteiger partial charge in [0.05, 0.1) is 6.04 Å². The minimum Gasteiger partial charge on any atom is -0.304 e. The van der Waals surface area contributed by atoms with Crippen LogP contribution in [0, 0.1) is 0 Å². The molecular weight excluding hydrogens is 248 g/mol. The van der Waals surface area contributed by atoms with Crippen LogP contribution in [0.15, 0.2) is 12.3 Å². The van der Waals surface area contributed by atoms with Crippen LogP contribution >= 0.6 is 23.4 Å². The predicted octanol–water partition coefficient (Wildman–Crippen LogP) is 0.773. The third-order valence-corrected chi connectivity index (χ3v) is 3.37. The molecule has 1 aromatic heterocycles. The number of amides is 1. The molecule has 0 radical (unpaired) electrons. The molecule has 1 atom stereocenters. The van der Waals surface area contributed by atoms with Crippen molar-refractivity contribution in [1.82, 2.24) is 15.3 Å². The molecule has 86 valence electrons. The SMILES string of the molecule is O=C(Nc1nccc(Cl)n1)C1CSCCN1. The van der Waals surface area contributed by atoms with E-state index in [0.717, 1.165) is 18.1 Å². The fraction of sp³-hybridized carbons (Fsp3) is 0.444. The number of anilines is 1. The van der Waals surface area contributed by atoms with Gasteiger partial charge in [0.15, 0.2) is 0 Å². The van der Waals surface area contributed by atoms with Crippen molar-refractivity contribution < 1.29 is 4.79 Å². The Bertz CT molecular complexity index is 384. The van der Waals surface area contributed by atoms with Gasteiger partial charge in [-0.1, -0.05) is 11.6 Å². The van der Waals surface area contributed by atoms with Crippen molar-refractivity contribution in [3.63, 3.8) is 0 Å². The van der Waals surface area contributed by atoms with Crippen molar-refractivity contribution in [3.05, 3.63) is 17.4 Å². The number of thioether (sulfide) groups is 1. The lowest BCUT2D eigenvalue weighted by molar-refractivity contribution is -0.117. The Balaban J connectivity index is 1.96. The third kappa shape index (κ3) is 3.07. The van der Waals surface area contributed by atoms with Crippen molar-refractivity contribution in [3.8, 4) is 0 Å². The molecule has 1 aliphatic rings. The summed E-state index contributed by atoms with van der Waals surface area (Å²) in [5.74, 6) is 1.94. The molecule has 1 fully saturated rings. The van der Waals surface area contributed by atoms with Gasteiger partial charge in [0.1, 0.15) is 5.15 Å². The van der Waals surface area contributed by atoms with E-state index < -0.39 is 0 Å². The second-order valence-corrected chi connectivity index (χ2v) is 4.81. The van der Waals surface area contributed by atoms with E-state index in [-0.39, 0.29) is 17.9 Å². The number of nitrogens with zero attached hydrogens (tertiary/aromatic N) is 2. The predicted molar refractivity (Wildman–Crippen MR) is 64.8 cm³/mol. The highest BCUT2D eigenvalue weighted by Gasteiger charge is 2.21. The Morgan fingerprint density at radius 1 is 1.69 bits per heavy atom. The fourth-order valence-corrected chi connectivity index (χ4v) is 2.40. The van der Waals surface area contributed by atoms with Crippen molar-refractivity contribution in [2.45, 2.75) is 6.04 Å². The molecule has 1 unspecified atom stereocenters. The molecule has 1 amide bonds. The summed E-state index contributed by atoms with van der Waals surface area (Å²) in [5, 5.41) is 6.08. The second kappa shape index (κ2) is 5.47. The van der Waals surface area contributed by atoms with Crippen LogP contribution in [0.2, 0.25) is 5.15 Å². The first-order valence-corrected chi connectivity index (χ1v) is 6.39. The van der Waals surface area contributed by atoms with Gasteiger partial charge in [0.25, 0.3) is 0 Å². The summed E-state index contributed by atoms with van der Waals surface area (Å²) in [7, 11) is 0. The number of aromatic nitrogens is 2. The lowest BCUT2D eigenvalue weighted by Gasteiger charge is -2.21. The molecule has 0 aliphatic carbocycles. The molecule has 0 saturated carbocycles. The highest BCUT2D eigenvalue weighted by Crippen LogP contribution is 2.10. The number of hydrogen-bond acceptors (Lipinski definition) is 5. The number of hydrogen-bond donors (Lipinski definition) is 2. The standard InChI is InChI=1S/C9H11ClN4OS/c10-7-1-2-12-9(13-7)14-8(15)6-5-16-4-3-11-6/h1-2,6,11H,3-5H2,(H,12,13,14,15). The lowest BCUT2D eigenvalue weighted by Crippen LogP contribution is -2.46. The maximum absolute atomic E-state index is 11.8. The first-order chi connectivity index (χ1) is 7.75. The Morgan fingerprint density at radius 2 is 2.56 bits per heavy atom. The molecule has 0 aromatic carbocycles. The van der Waals surface area contributed by atoms with Crippen LogP contribution in [0.3, 0.4) is 0 Å². The van der Waals surface area contributed by atoms with Crippen LogP contribution in [0.5, 0.6) is 0 Å². The number of carbonyl (C=O) groups is 1. The topological polar surface area (TPSA) is 66.9 Å². The highest BCUT2D eigenvalue weighted by molar-refractivity contribution is 7.99. The minimum absolute atomic E-state index is 0.116. The summed E-state index contributed by atoms with van der Waals surface area (Å²) in [6, 6.07) is 1.38. The van der Waals surface area contributed by atoms with Crippen LogP contribution in [-0.4, -0.2) is 40.0 Å². The van der Waals surface area contributed by atoms with E-state index >= 15 is 0 Å². The van der Waals surface area contributed by atoms with E-state index in [1.807, 2.05) is 0 Å². The van der Waals surface area contributed by atoms with E-state index in [2.05, 4.69) is 20.6 Å². The number of carbonyl (C=O) groups excluding carboxylic acids is 1. The van der Waals surface area contributed by atoms with Gasteiger partial charge in [-0.3, -0.25) is 10.1 Å². The van der Waals surface area contributed by atoms with Crippen LogP contribution < -0.4 is 10.6 Å². The highest BCUT2D eigenvalue weighted by atomic mass is 35.5. The van der Waals surface area contributed by atoms with Crippen molar-refractivity contribution in [2.24, 2.45) is 0 Å². The van der Waals surface area contributed by atoms with Crippen LogP contribution in [0.25, 0.3) is 0 Å². The molecule has 5 nitrogen and oxygen atoms in total. The first kappa shape index (κ1) is 11.6. The van der Waals surface area contributed by atoms with Crippen molar-refractivity contribution in [2.75, 3.05) is 23.4 Å². The van der Waals surface area contributed by atoms with E-state index in [0.29, 0.717) is 5.15 Å². The zero-order valence-corrected chi connectivity index (χ0v) is 10.0. The summed E-state index contributed by atoms with van der Waals surface area (Å²) < 4.78 is 0. The maximum Gasteiger partial charge on any atom is 0.244 e. The second-order valence-electron chi connectivity index (χ2n) is 3.27. The minimum atomic E-state index is -0.179. The van der Waals surface area contributed by atoms with E-state index in [4.69, 9.17) is 11.6 Å². The third-order valence-electron chi connectivity index (χ3n) is 2.09. The summed E-state index contributed by atoms with van der Waals surface area (Å²) in [4.78, 5) is 19.6. The summed E-state index contributed by atoms with van der Waals surface area (Å²) in [5.41, 5.74) is 0. The Labute approximate surface area is 102 Å². The molecule has 2 rings (SSSR count). The average Bonchev–Trinajstić information content (AvgIpc) is 2.30. The molecule has 1 aliphatic heterocycles. The van der Waals surface area contributed by atoms with Gasteiger partial charge in [0.2, 0.25) is 11.9 Å². The average molecular weight is 259 g/mol.